The fraction of sp³-hybridized carbons (Fsp3) is 0.462. The van der Waals surface area contributed by atoms with Crippen LogP contribution in [0.25, 0.3) is 0 Å². The maximum Gasteiger partial charge on any atom is 0.309 e. The van der Waals surface area contributed by atoms with E-state index in [9.17, 15) is 13.2 Å². The molecule has 0 radical (unpaired) electrons. The summed E-state index contributed by atoms with van der Waals surface area (Å²) in [7, 11) is -3.58. The third-order valence-corrected chi connectivity index (χ3v) is 5.54. The Bertz CT molecular complexity index is 607. The molecule has 0 unspecified atom stereocenters. The molecule has 1 heterocycles. The molecule has 0 aliphatic carbocycles. The summed E-state index contributed by atoms with van der Waals surface area (Å²) in [5, 5.41) is 8.81. The highest BCUT2D eigenvalue weighted by atomic mass is 32.2. The maximum absolute atomic E-state index is 12.5. The topological polar surface area (TPSA) is 74.7 Å². The summed E-state index contributed by atoms with van der Waals surface area (Å²) in [6, 6.07) is 3.66. The third kappa shape index (κ3) is 2.37. The second-order valence-electron chi connectivity index (χ2n) is 5.09. The first-order valence-electron chi connectivity index (χ1n) is 6.04. The second kappa shape index (κ2) is 4.61. The van der Waals surface area contributed by atoms with E-state index >= 15 is 0 Å². The Labute approximate surface area is 112 Å². The molecule has 1 aliphatic rings. The number of sulfonamides is 1. The molecule has 1 aromatic carbocycles. The van der Waals surface area contributed by atoms with Crippen molar-refractivity contribution in [2.24, 2.45) is 5.92 Å². The van der Waals surface area contributed by atoms with Crippen molar-refractivity contribution in [3.05, 3.63) is 28.8 Å². The van der Waals surface area contributed by atoms with Crippen molar-refractivity contribution in [2.45, 2.75) is 25.7 Å². The number of carboxylic acids is 1. The van der Waals surface area contributed by atoms with Gasteiger partial charge in [-0.3, -0.25) is 4.79 Å². The monoisotopic (exact) mass is 283 g/mol. The van der Waals surface area contributed by atoms with Crippen molar-refractivity contribution in [1.29, 1.82) is 0 Å². The summed E-state index contributed by atoms with van der Waals surface area (Å²) < 4.78 is 26.2. The van der Waals surface area contributed by atoms with E-state index in [1.807, 2.05) is 19.1 Å². The summed E-state index contributed by atoms with van der Waals surface area (Å²) >= 11 is 0. The van der Waals surface area contributed by atoms with Crippen molar-refractivity contribution in [1.82, 2.24) is 4.31 Å². The molecule has 0 atom stereocenters. The average molecular weight is 283 g/mol. The predicted molar refractivity (Wildman–Crippen MR) is 70.5 cm³/mol. The Hall–Kier alpha value is -1.40. The lowest BCUT2D eigenvalue weighted by molar-refractivity contribution is -0.145. The lowest BCUT2D eigenvalue weighted by atomic mass is 10.0. The molecule has 19 heavy (non-hydrogen) atoms. The SMILES string of the molecule is Cc1cc(C)c(S(=O)(=O)N2CC(C(=O)O)C2)c(C)c1. The van der Waals surface area contributed by atoms with Crippen LogP contribution in [0.15, 0.2) is 17.0 Å². The van der Waals surface area contributed by atoms with Gasteiger partial charge in [0, 0.05) is 13.1 Å². The van der Waals surface area contributed by atoms with Crippen LogP contribution in [0.1, 0.15) is 16.7 Å². The first-order valence-corrected chi connectivity index (χ1v) is 7.48. The minimum absolute atomic E-state index is 0.0599. The van der Waals surface area contributed by atoms with E-state index in [1.165, 1.54) is 4.31 Å². The first-order chi connectivity index (χ1) is 8.73. The van der Waals surface area contributed by atoms with E-state index < -0.39 is 21.9 Å². The van der Waals surface area contributed by atoms with Crippen molar-refractivity contribution in [3.63, 3.8) is 0 Å². The summed E-state index contributed by atoms with van der Waals surface area (Å²) in [6.07, 6.45) is 0. The highest BCUT2D eigenvalue weighted by molar-refractivity contribution is 7.89. The molecule has 1 aromatic rings. The van der Waals surface area contributed by atoms with E-state index in [1.54, 1.807) is 13.8 Å². The number of hydrogen-bond donors (Lipinski definition) is 1. The van der Waals surface area contributed by atoms with Gasteiger partial charge in [-0.15, -0.1) is 0 Å². The van der Waals surface area contributed by atoms with Gasteiger partial charge in [0.2, 0.25) is 10.0 Å². The number of aliphatic carboxylic acids is 1. The molecule has 104 valence electrons. The standard InChI is InChI=1S/C13H17NO4S/c1-8-4-9(2)12(10(3)5-8)19(17,18)14-6-11(7-14)13(15)16/h4-5,11H,6-7H2,1-3H3,(H,15,16). The first kappa shape index (κ1) is 14.0. The minimum Gasteiger partial charge on any atom is -0.481 e. The van der Waals surface area contributed by atoms with Crippen LogP contribution in [0.5, 0.6) is 0 Å². The molecule has 0 saturated carbocycles. The van der Waals surface area contributed by atoms with E-state index in [0.717, 1.165) is 5.56 Å². The van der Waals surface area contributed by atoms with E-state index in [4.69, 9.17) is 5.11 Å². The van der Waals surface area contributed by atoms with Gasteiger partial charge >= 0.3 is 5.97 Å². The molecule has 0 aromatic heterocycles. The van der Waals surface area contributed by atoms with E-state index in [2.05, 4.69) is 0 Å². The molecular formula is C13H17NO4S. The number of aryl methyl sites for hydroxylation is 3. The summed E-state index contributed by atoms with van der Waals surface area (Å²) in [4.78, 5) is 11.1. The fourth-order valence-corrected chi connectivity index (χ4v) is 4.44. The van der Waals surface area contributed by atoms with Gasteiger partial charge in [-0.05, 0) is 31.9 Å². The predicted octanol–water partition coefficient (Wildman–Crippen LogP) is 1.32. The molecule has 0 bridgehead atoms. The van der Waals surface area contributed by atoms with Crippen LogP contribution >= 0.6 is 0 Å². The highest BCUT2D eigenvalue weighted by Gasteiger charge is 2.41. The van der Waals surface area contributed by atoms with Gasteiger partial charge in [-0.2, -0.15) is 4.31 Å². The second-order valence-corrected chi connectivity index (χ2v) is 6.96. The smallest absolute Gasteiger partial charge is 0.309 e. The zero-order valence-corrected chi connectivity index (χ0v) is 12.0. The number of carboxylic acid groups (broad SMARTS) is 1. The molecule has 5 nitrogen and oxygen atoms in total. The zero-order valence-electron chi connectivity index (χ0n) is 11.2. The number of benzene rings is 1. The maximum atomic E-state index is 12.5. The van der Waals surface area contributed by atoms with Crippen molar-refractivity contribution >= 4 is 16.0 Å². The zero-order chi connectivity index (χ0) is 14.4. The number of nitrogens with zero attached hydrogens (tertiary/aromatic N) is 1. The molecule has 6 heteroatoms. The summed E-state index contributed by atoms with van der Waals surface area (Å²) in [6.45, 7) is 5.57. The van der Waals surface area contributed by atoms with Crippen LogP contribution in [-0.4, -0.2) is 36.9 Å². The van der Waals surface area contributed by atoms with E-state index in [0.29, 0.717) is 16.0 Å². The largest absolute Gasteiger partial charge is 0.481 e. The molecule has 0 spiro atoms. The highest BCUT2D eigenvalue weighted by Crippen LogP contribution is 2.30. The molecule has 1 N–H and O–H groups in total. The summed E-state index contributed by atoms with van der Waals surface area (Å²) in [5.41, 5.74) is 2.42. The molecule has 2 rings (SSSR count). The van der Waals surface area contributed by atoms with Crippen LogP contribution < -0.4 is 0 Å². The van der Waals surface area contributed by atoms with Crippen LogP contribution in [0.2, 0.25) is 0 Å². The lowest BCUT2D eigenvalue weighted by Crippen LogP contribution is -2.53. The Morgan fingerprint density at radius 2 is 1.68 bits per heavy atom. The van der Waals surface area contributed by atoms with Crippen LogP contribution in [-0.2, 0) is 14.8 Å². The fourth-order valence-electron chi connectivity index (χ4n) is 2.49. The van der Waals surface area contributed by atoms with Gasteiger partial charge in [0.05, 0.1) is 10.8 Å². The number of hydrogen-bond acceptors (Lipinski definition) is 3. The van der Waals surface area contributed by atoms with Crippen LogP contribution in [0.3, 0.4) is 0 Å². The quantitative estimate of drug-likeness (QED) is 0.907. The molecule has 1 aliphatic heterocycles. The lowest BCUT2D eigenvalue weighted by Gasteiger charge is -2.36. The minimum atomic E-state index is -3.58. The van der Waals surface area contributed by atoms with Gasteiger partial charge in [0.15, 0.2) is 0 Å². The van der Waals surface area contributed by atoms with Gasteiger partial charge in [-0.25, -0.2) is 8.42 Å². The van der Waals surface area contributed by atoms with E-state index in [-0.39, 0.29) is 13.1 Å². The van der Waals surface area contributed by atoms with Crippen molar-refractivity contribution < 1.29 is 18.3 Å². The number of rotatable bonds is 3. The summed E-state index contributed by atoms with van der Waals surface area (Å²) in [5.74, 6) is -1.52. The van der Waals surface area contributed by atoms with Crippen LogP contribution in [0, 0.1) is 26.7 Å². The number of carbonyl (C=O) groups is 1. The van der Waals surface area contributed by atoms with Gasteiger partial charge in [0.25, 0.3) is 0 Å². The van der Waals surface area contributed by atoms with Gasteiger partial charge in [0.1, 0.15) is 0 Å². The molecule has 1 fully saturated rings. The third-order valence-electron chi connectivity index (χ3n) is 3.40. The Kier molecular flexibility index (Phi) is 3.40. The molecule has 1 saturated heterocycles. The van der Waals surface area contributed by atoms with Gasteiger partial charge < -0.3 is 5.11 Å². The van der Waals surface area contributed by atoms with Crippen LogP contribution in [0.4, 0.5) is 0 Å². The van der Waals surface area contributed by atoms with Crippen molar-refractivity contribution in [3.8, 4) is 0 Å². The van der Waals surface area contributed by atoms with Crippen molar-refractivity contribution in [2.75, 3.05) is 13.1 Å². The normalized spacial score (nSPS) is 17.2. The molecule has 0 amide bonds. The van der Waals surface area contributed by atoms with Gasteiger partial charge in [-0.1, -0.05) is 17.7 Å². The Balaban J connectivity index is 2.35. The molecular weight excluding hydrogens is 266 g/mol. The Morgan fingerprint density at radius 3 is 2.11 bits per heavy atom. The average Bonchev–Trinajstić information content (AvgIpc) is 2.09. The Morgan fingerprint density at radius 1 is 1.21 bits per heavy atom.